The van der Waals surface area contributed by atoms with Crippen LogP contribution in [0.5, 0.6) is 0 Å². The van der Waals surface area contributed by atoms with Crippen LogP contribution in [-0.2, 0) is 14.9 Å². The molecule has 3 heteroatoms. The molecular formula is C14H19NO2. The van der Waals surface area contributed by atoms with E-state index < -0.39 is 0 Å². The average molecular weight is 233 g/mol. The molecule has 1 fully saturated rings. The van der Waals surface area contributed by atoms with Crippen molar-refractivity contribution in [3.8, 4) is 0 Å². The molecule has 0 heterocycles. The number of hydrogen-bond acceptors (Lipinski definition) is 3. The van der Waals surface area contributed by atoms with E-state index in [4.69, 9.17) is 10.5 Å². The molecule has 2 rings (SSSR count). The quantitative estimate of drug-likeness (QED) is 0.790. The lowest BCUT2D eigenvalue weighted by Gasteiger charge is -2.15. The van der Waals surface area contributed by atoms with Crippen molar-refractivity contribution in [2.45, 2.75) is 25.2 Å². The van der Waals surface area contributed by atoms with Crippen LogP contribution < -0.4 is 5.73 Å². The van der Waals surface area contributed by atoms with Crippen LogP contribution in [0, 0.1) is 5.92 Å². The Hall–Kier alpha value is -1.35. The van der Waals surface area contributed by atoms with Gasteiger partial charge >= 0.3 is 5.97 Å². The number of ether oxygens (including phenoxy) is 1. The molecule has 1 saturated carbocycles. The highest BCUT2D eigenvalue weighted by molar-refractivity contribution is 5.70. The van der Waals surface area contributed by atoms with E-state index in [9.17, 15) is 4.79 Å². The molecule has 0 bridgehead atoms. The van der Waals surface area contributed by atoms with Crippen molar-refractivity contribution in [2.75, 3.05) is 13.2 Å². The Morgan fingerprint density at radius 1 is 1.47 bits per heavy atom. The zero-order valence-corrected chi connectivity index (χ0v) is 10.2. The van der Waals surface area contributed by atoms with Gasteiger partial charge < -0.3 is 10.5 Å². The van der Waals surface area contributed by atoms with Crippen molar-refractivity contribution in [3.05, 3.63) is 35.9 Å². The van der Waals surface area contributed by atoms with Crippen LogP contribution in [0.4, 0.5) is 0 Å². The first-order valence-corrected chi connectivity index (χ1v) is 6.14. The molecule has 0 saturated heterocycles. The summed E-state index contributed by atoms with van der Waals surface area (Å²) < 4.78 is 4.99. The molecule has 1 aromatic carbocycles. The first-order valence-electron chi connectivity index (χ1n) is 6.14. The number of carbonyl (C=O) groups excluding carboxylic acids is 1. The number of hydrogen-bond donors (Lipinski definition) is 1. The predicted octanol–water partition coefficient (Wildman–Crippen LogP) is 1.86. The van der Waals surface area contributed by atoms with E-state index in [1.54, 1.807) is 0 Å². The highest BCUT2D eigenvalue weighted by atomic mass is 16.5. The van der Waals surface area contributed by atoms with Crippen LogP contribution in [-0.4, -0.2) is 19.1 Å². The minimum Gasteiger partial charge on any atom is -0.466 e. The summed E-state index contributed by atoms with van der Waals surface area (Å²) in [6.45, 7) is 2.88. The fraction of sp³-hybridized carbons (Fsp3) is 0.500. The third-order valence-corrected chi connectivity index (χ3v) is 3.66. The van der Waals surface area contributed by atoms with Gasteiger partial charge in [-0.1, -0.05) is 30.3 Å². The van der Waals surface area contributed by atoms with Crippen molar-refractivity contribution in [1.29, 1.82) is 0 Å². The van der Waals surface area contributed by atoms with Gasteiger partial charge in [-0.05, 0) is 24.8 Å². The van der Waals surface area contributed by atoms with Gasteiger partial charge in [0.15, 0.2) is 0 Å². The molecule has 2 N–H and O–H groups in total. The Morgan fingerprint density at radius 3 is 2.76 bits per heavy atom. The van der Waals surface area contributed by atoms with Gasteiger partial charge in [0, 0.05) is 18.4 Å². The van der Waals surface area contributed by atoms with Crippen LogP contribution in [0.3, 0.4) is 0 Å². The summed E-state index contributed by atoms with van der Waals surface area (Å²) in [5.41, 5.74) is 7.14. The van der Waals surface area contributed by atoms with Gasteiger partial charge in [-0.3, -0.25) is 4.79 Å². The number of esters is 1. The Kier molecular flexibility index (Phi) is 3.48. The fourth-order valence-electron chi connectivity index (χ4n) is 2.56. The summed E-state index contributed by atoms with van der Waals surface area (Å²) in [7, 11) is 0. The van der Waals surface area contributed by atoms with Gasteiger partial charge in [0.1, 0.15) is 0 Å². The van der Waals surface area contributed by atoms with Crippen molar-refractivity contribution in [3.63, 3.8) is 0 Å². The van der Waals surface area contributed by atoms with E-state index >= 15 is 0 Å². The van der Waals surface area contributed by atoms with E-state index in [0.717, 1.165) is 6.42 Å². The Balaban J connectivity index is 2.03. The molecule has 2 unspecified atom stereocenters. The minimum absolute atomic E-state index is 0.00796. The summed E-state index contributed by atoms with van der Waals surface area (Å²) in [4.78, 5) is 11.5. The number of carbonyl (C=O) groups is 1. The molecule has 1 aliphatic rings. The van der Waals surface area contributed by atoms with Crippen molar-refractivity contribution in [2.24, 2.45) is 11.7 Å². The normalized spacial score (nSPS) is 26.6. The molecule has 2 atom stereocenters. The van der Waals surface area contributed by atoms with Crippen LogP contribution in [0.1, 0.15) is 25.3 Å². The van der Waals surface area contributed by atoms with Gasteiger partial charge in [-0.15, -0.1) is 0 Å². The van der Waals surface area contributed by atoms with E-state index in [1.165, 1.54) is 5.56 Å². The minimum atomic E-state index is -0.108. The molecule has 17 heavy (non-hydrogen) atoms. The second-order valence-corrected chi connectivity index (χ2v) is 4.64. The average Bonchev–Trinajstić information content (AvgIpc) is 3.05. The number of nitrogens with two attached hydrogens (primary N) is 1. The maximum Gasteiger partial charge on any atom is 0.306 e. The molecule has 0 radical (unpaired) electrons. The van der Waals surface area contributed by atoms with Crippen molar-refractivity contribution >= 4 is 5.97 Å². The Labute approximate surface area is 102 Å². The lowest BCUT2D eigenvalue weighted by molar-refractivity contribution is -0.143. The van der Waals surface area contributed by atoms with Crippen LogP contribution in [0.15, 0.2) is 30.3 Å². The Morgan fingerprint density at radius 2 is 2.18 bits per heavy atom. The molecule has 0 amide bonds. The molecule has 92 valence electrons. The molecule has 3 nitrogen and oxygen atoms in total. The van der Waals surface area contributed by atoms with Crippen LogP contribution in [0.25, 0.3) is 0 Å². The third-order valence-electron chi connectivity index (χ3n) is 3.66. The largest absolute Gasteiger partial charge is 0.466 e. The zero-order chi connectivity index (χ0) is 12.3. The molecule has 0 spiro atoms. The summed E-state index contributed by atoms with van der Waals surface area (Å²) >= 11 is 0. The number of rotatable bonds is 5. The smallest absolute Gasteiger partial charge is 0.306 e. The maximum absolute atomic E-state index is 11.5. The highest BCUT2D eigenvalue weighted by Crippen LogP contribution is 2.55. The molecule has 1 aromatic rings. The molecule has 1 aliphatic carbocycles. The summed E-state index contributed by atoms with van der Waals surface area (Å²) in [5.74, 6) is 0.234. The molecular weight excluding hydrogens is 214 g/mol. The second-order valence-electron chi connectivity index (χ2n) is 4.64. The first-order chi connectivity index (χ1) is 8.23. The lowest BCUT2D eigenvalue weighted by atomic mass is 9.92. The molecule has 0 aliphatic heterocycles. The monoisotopic (exact) mass is 233 g/mol. The van der Waals surface area contributed by atoms with Gasteiger partial charge in [0.25, 0.3) is 0 Å². The predicted molar refractivity (Wildman–Crippen MR) is 66.5 cm³/mol. The van der Waals surface area contributed by atoms with Crippen LogP contribution >= 0.6 is 0 Å². The lowest BCUT2D eigenvalue weighted by Crippen LogP contribution is -2.23. The maximum atomic E-state index is 11.5. The summed E-state index contributed by atoms with van der Waals surface area (Å²) in [6.07, 6.45) is 1.48. The van der Waals surface area contributed by atoms with Gasteiger partial charge in [0.2, 0.25) is 0 Å². The zero-order valence-electron chi connectivity index (χ0n) is 10.2. The van der Waals surface area contributed by atoms with E-state index in [2.05, 4.69) is 12.1 Å². The van der Waals surface area contributed by atoms with E-state index in [-0.39, 0.29) is 11.4 Å². The second kappa shape index (κ2) is 4.88. The van der Waals surface area contributed by atoms with Crippen molar-refractivity contribution in [1.82, 2.24) is 0 Å². The molecule has 0 aromatic heterocycles. The summed E-state index contributed by atoms with van der Waals surface area (Å²) in [5, 5.41) is 0. The summed E-state index contributed by atoms with van der Waals surface area (Å²) in [6, 6.07) is 10.2. The fourth-order valence-corrected chi connectivity index (χ4v) is 2.56. The standard InChI is InChI=1S/C14H19NO2/c1-2-17-13(16)8-12-9-14(12,10-15)11-6-4-3-5-7-11/h3-7,12H,2,8-10,15H2,1H3. The first kappa shape index (κ1) is 12.1. The third kappa shape index (κ3) is 2.34. The van der Waals surface area contributed by atoms with E-state index in [1.807, 2.05) is 25.1 Å². The van der Waals surface area contributed by atoms with Crippen LogP contribution in [0.2, 0.25) is 0 Å². The topological polar surface area (TPSA) is 52.3 Å². The van der Waals surface area contributed by atoms with Gasteiger partial charge in [-0.2, -0.15) is 0 Å². The van der Waals surface area contributed by atoms with Gasteiger partial charge in [0.05, 0.1) is 6.61 Å². The number of benzene rings is 1. The Bertz CT molecular complexity index is 390. The SMILES string of the molecule is CCOC(=O)CC1CC1(CN)c1ccccc1. The highest BCUT2D eigenvalue weighted by Gasteiger charge is 2.54. The van der Waals surface area contributed by atoms with Crippen molar-refractivity contribution < 1.29 is 9.53 Å². The van der Waals surface area contributed by atoms with Gasteiger partial charge in [-0.25, -0.2) is 0 Å². The van der Waals surface area contributed by atoms with E-state index in [0.29, 0.717) is 25.5 Å².